The molecule has 0 spiro atoms. The van der Waals surface area contributed by atoms with E-state index in [1.54, 1.807) is 31.5 Å². The van der Waals surface area contributed by atoms with Crippen LogP contribution in [0.4, 0.5) is 0 Å². The summed E-state index contributed by atoms with van der Waals surface area (Å²) < 4.78 is 10.7. The Hall–Kier alpha value is -3.09. The van der Waals surface area contributed by atoms with Gasteiger partial charge in [0, 0.05) is 43.0 Å². The summed E-state index contributed by atoms with van der Waals surface area (Å²) in [6.45, 7) is 4.93. The van der Waals surface area contributed by atoms with E-state index in [0.29, 0.717) is 31.1 Å². The molecule has 7 nitrogen and oxygen atoms in total. The van der Waals surface area contributed by atoms with Crippen molar-refractivity contribution in [1.82, 2.24) is 15.6 Å². The molecule has 7 heteroatoms. The molecule has 2 aromatic rings. The van der Waals surface area contributed by atoms with Crippen LogP contribution in [0.1, 0.15) is 23.7 Å². The zero-order valence-electron chi connectivity index (χ0n) is 15.9. The number of rotatable bonds is 8. The van der Waals surface area contributed by atoms with Crippen LogP contribution in [0.15, 0.2) is 36.5 Å². The fourth-order valence-corrected chi connectivity index (χ4v) is 2.41. The SMILES string of the molecule is CCOc1ccc(CNC(=O)C(=O)NCCc2ccc(C)cn2)c(OC)c1. The molecule has 0 bridgehead atoms. The van der Waals surface area contributed by atoms with Crippen LogP contribution >= 0.6 is 0 Å². The summed E-state index contributed by atoms with van der Waals surface area (Å²) in [5, 5.41) is 5.19. The van der Waals surface area contributed by atoms with Crippen molar-refractivity contribution in [2.24, 2.45) is 0 Å². The van der Waals surface area contributed by atoms with E-state index in [-0.39, 0.29) is 6.54 Å². The molecule has 1 heterocycles. The Morgan fingerprint density at radius 1 is 1.11 bits per heavy atom. The molecule has 0 saturated heterocycles. The maximum absolute atomic E-state index is 12.0. The molecule has 0 unspecified atom stereocenters. The van der Waals surface area contributed by atoms with Crippen LogP contribution in [0.25, 0.3) is 0 Å². The van der Waals surface area contributed by atoms with Gasteiger partial charge in [-0.25, -0.2) is 0 Å². The van der Waals surface area contributed by atoms with E-state index in [1.165, 1.54) is 0 Å². The van der Waals surface area contributed by atoms with Crippen LogP contribution in [-0.2, 0) is 22.6 Å². The number of methoxy groups -OCH3 is 1. The van der Waals surface area contributed by atoms with Gasteiger partial charge in [-0.15, -0.1) is 0 Å². The van der Waals surface area contributed by atoms with E-state index in [9.17, 15) is 9.59 Å². The highest BCUT2D eigenvalue weighted by molar-refractivity contribution is 6.35. The second-order valence-electron chi connectivity index (χ2n) is 5.92. The van der Waals surface area contributed by atoms with Gasteiger partial charge in [0.05, 0.1) is 13.7 Å². The third-order valence-electron chi connectivity index (χ3n) is 3.85. The van der Waals surface area contributed by atoms with Crippen LogP contribution in [0.2, 0.25) is 0 Å². The Balaban J connectivity index is 1.80. The van der Waals surface area contributed by atoms with Crippen LogP contribution in [0, 0.1) is 6.92 Å². The van der Waals surface area contributed by atoms with Gasteiger partial charge in [0.2, 0.25) is 0 Å². The summed E-state index contributed by atoms with van der Waals surface area (Å²) >= 11 is 0. The number of nitrogens with one attached hydrogen (secondary N) is 2. The average Bonchev–Trinajstić information content (AvgIpc) is 2.68. The molecule has 2 rings (SSSR count). The zero-order chi connectivity index (χ0) is 19.6. The molecule has 1 aromatic heterocycles. The number of carbonyl (C=O) groups is 2. The fraction of sp³-hybridized carbons (Fsp3) is 0.350. The van der Waals surface area contributed by atoms with Crippen molar-refractivity contribution in [3.8, 4) is 11.5 Å². The lowest BCUT2D eigenvalue weighted by atomic mass is 10.2. The van der Waals surface area contributed by atoms with E-state index in [0.717, 1.165) is 16.8 Å². The molecule has 0 saturated carbocycles. The summed E-state index contributed by atoms with van der Waals surface area (Å²) in [6, 6.07) is 9.20. The lowest BCUT2D eigenvalue weighted by molar-refractivity contribution is -0.139. The number of aromatic nitrogens is 1. The standard InChI is InChI=1S/C20H25N3O4/c1-4-27-17-8-6-15(18(11-17)26-3)13-23-20(25)19(24)21-10-9-16-7-5-14(2)12-22-16/h5-8,11-12H,4,9-10,13H2,1-3H3,(H,21,24)(H,23,25). The zero-order valence-corrected chi connectivity index (χ0v) is 15.9. The van der Waals surface area contributed by atoms with Crippen LogP contribution in [-0.4, -0.2) is 37.1 Å². The molecule has 0 radical (unpaired) electrons. The third kappa shape index (κ3) is 6.29. The lowest BCUT2D eigenvalue weighted by Gasteiger charge is -2.12. The van der Waals surface area contributed by atoms with Gasteiger partial charge in [-0.3, -0.25) is 14.6 Å². The largest absolute Gasteiger partial charge is 0.496 e. The summed E-state index contributed by atoms with van der Waals surface area (Å²) in [5.41, 5.74) is 2.69. The Bertz CT molecular complexity index is 775. The quantitative estimate of drug-likeness (QED) is 0.691. The molecule has 27 heavy (non-hydrogen) atoms. The number of benzene rings is 1. The van der Waals surface area contributed by atoms with Gasteiger partial charge in [-0.2, -0.15) is 0 Å². The van der Waals surface area contributed by atoms with Gasteiger partial charge < -0.3 is 20.1 Å². The van der Waals surface area contributed by atoms with Gasteiger partial charge in [0.25, 0.3) is 0 Å². The predicted molar refractivity (Wildman–Crippen MR) is 102 cm³/mol. The number of pyridine rings is 1. The minimum atomic E-state index is -0.692. The Labute approximate surface area is 159 Å². The molecule has 2 amide bonds. The molecule has 2 N–H and O–H groups in total. The first kappa shape index (κ1) is 20.2. The highest BCUT2D eigenvalue weighted by Crippen LogP contribution is 2.24. The minimum Gasteiger partial charge on any atom is -0.496 e. The van der Waals surface area contributed by atoms with Crippen LogP contribution < -0.4 is 20.1 Å². The van der Waals surface area contributed by atoms with E-state index < -0.39 is 11.8 Å². The smallest absolute Gasteiger partial charge is 0.309 e. The average molecular weight is 371 g/mol. The second-order valence-corrected chi connectivity index (χ2v) is 5.92. The topological polar surface area (TPSA) is 89.5 Å². The number of aryl methyl sites for hydroxylation is 1. The van der Waals surface area contributed by atoms with E-state index >= 15 is 0 Å². The maximum atomic E-state index is 12.0. The highest BCUT2D eigenvalue weighted by Gasteiger charge is 2.14. The summed E-state index contributed by atoms with van der Waals surface area (Å²) in [7, 11) is 1.54. The third-order valence-corrected chi connectivity index (χ3v) is 3.85. The molecule has 0 atom stereocenters. The van der Waals surface area contributed by atoms with Crippen molar-refractivity contribution in [2.75, 3.05) is 20.3 Å². The highest BCUT2D eigenvalue weighted by atomic mass is 16.5. The number of hydrogen-bond acceptors (Lipinski definition) is 5. The van der Waals surface area contributed by atoms with Crippen LogP contribution in [0.3, 0.4) is 0 Å². The van der Waals surface area contributed by atoms with Gasteiger partial charge in [-0.05, 0) is 37.6 Å². The van der Waals surface area contributed by atoms with Gasteiger partial charge in [-0.1, -0.05) is 6.07 Å². The summed E-state index contributed by atoms with van der Waals surface area (Å²) in [5.74, 6) is -0.0891. The van der Waals surface area contributed by atoms with Crippen molar-refractivity contribution >= 4 is 11.8 Å². The van der Waals surface area contributed by atoms with Crippen molar-refractivity contribution in [3.05, 3.63) is 53.3 Å². The first-order valence-corrected chi connectivity index (χ1v) is 8.80. The molecule has 1 aromatic carbocycles. The van der Waals surface area contributed by atoms with E-state index in [1.807, 2.05) is 26.0 Å². The van der Waals surface area contributed by atoms with Crippen molar-refractivity contribution < 1.29 is 19.1 Å². The normalized spacial score (nSPS) is 10.2. The van der Waals surface area contributed by atoms with Gasteiger partial charge in [0.1, 0.15) is 11.5 Å². The Morgan fingerprint density at radius 3 is 2.56 bits per heavy atom. The molecule has 0 aliphatic carbocycles. The number of carbonyl (C=O) groups excluding carboxylic acids is 2. The molecule has 144 valence electrons. The Kier molecular flexibility index (Phi) is 7.61. The fourth-order valence-electron chi connectivity index (χ4n) is 2.41. The van der Waals surface area contributed by atoms with Crippen LogP contribution in [0.5, 0.6) is 11.5 Å². The number of ether oxygens (including phenoxy) is 2. The summed E-state index contributed by atoms with van der Waals surface area (Å²) in [4.78, 5) is 28.1. The molecular weight excluding hydrogens is 346 g/mol. The monoisotopic (exact) mass is 371 g/mol. The summed E-state index contributed by atoms with van der Waals surface area (Å²) in [6.07, 6.45) is 2.33. The van der Waals surface area contributed by atoms with E-state index in [4.69, 9.17) is 9.47 Å². The Morgan fingerprint density at radius 2 is 1.89 bits per heavy atom. The lowest BCUT2D eigenvalue weighted by Crippen LogP contribution is -2.40. The molecule has 0 aliphatic heterocycles. The minimum absolute atomic E-state index is 0.182. The predicted octanol–water partition coefficient (Wildman–Crippen LogP) is 1.77. The number of hydrogen-bond donors (Lipinski definition) is 2. The molecule has 0 aliphatic rings. The van der Waals surface area contributed by atoms with Gasteiger partial charge in [0.15, 0.2) is 0 Å². The van der Waals surface area contributed by atoms with Crippen molar-refractivity contribution in [1.29, 1.82) is 0 Å². The number of amides is 2. The molecule has 0 fully saturated rings. The van der Waals surface area contributed by atoms with Gasteiger partial charge >= 0.3 is 11.8 Å². The maximum Gasteiger partial charge on any atom is 0.309 e. The van der Waals surface area contributed by atoms with Crippen molar-refractivity contribution in [3.63, 3.8) is 0 Å². The van der Waals surface area contributed by atoms with Crippen molar-refractivity contribution in [2.45, 2.75) is 26.8 Å². The number of nitrogens with zero attached hydrogens (tertiary/aromatic N) is 1. The first-order chi connectivity index (χ1) is 13.0. The molecular formula is C20H25N3O4. The van der Waals surface area contributed by atoms with E-state index in [2.05, 4.69) is 15.6 Å². The second kappa shape index (κ2) is 10.2. The first-order valence-electron chi connectivity index (χ1n) is 8.80.